The minimum absolute atomic E-state index is 0.265. The average molecular weight is 170 g/mol. The van der Waals surface area contributed by atoms with Crippen LogP contribution in [0.3, 0.4) is 0 Å². The van der Waals surface area contributed by atoms with E-state index >= 15 is 0 Å². The van der Waals surface area contributed by atoms with Crippen molar-refractivity contribution < 1.29 is 4.79 Å². The maximum Gasteiger partial charge on any atom is 0.160 e. The molecule has 0 atom stereocenters. The van der Waals surface area contributed by atoms with Crippen LogP contribution in [0.15, 0.2) is 24.3 Å². The van der Waals surface area contributed by atoms with Crippen molar-refractivity contribution >= 4 is 11.4 Å². The highest BCUT2D eigenvalue weighted by Crippen LogP contribution is 2.37. The normalized spacial score (nSPS) is 18.5. The van der Waals surface area contributed by atoms with Crippen LogP contribution < -0.4 is 0 Å². The van der Waals surface area contributed by atoms with Gasteiger partial charge in [-0.15, -0.1) is 0 Å². The molecular weight excluding hydrogens is 160 g/mol. The van der Waals surface area contributed by atoms with E-state index < -0.39 is 0 Å². The minimum atomic E-state index is 0.265. The Hall–Kier alpha value is -1.37. The molecule has 0 spiro atoms. The van der Waals surface area contributed by atoms with E-state index in [0.717, 1.165) is 12.8 Å². The summed E-state index contributed by atoms with van der Waals surface area (Å²) in [6, 6.07) is 6.32. The van der Waals surface area contributed by atoms with Crippen LogP contribution in [0, 0.1) is 0 Å². The summed E-state index contributed by atoms with van der Waals surface area (Å²) >= 11 is 0. The first-order chi connectivity index (χ1) is 6.34. The molecule has 0 bridgehead atoms. The van der Waals surface area contributed by atoms with Crippen LogP contribution in [0.1, 0.15) is 23.1 Å². The molecule has 0 heterocycles. The van der Waals surface area contributed by atoms with Gasteiger partial charge < -0.3 is 0 Å². The molecule has 0 amide bonds. The van der Waals surface area contributed by atoms with Crippen molar-refractivity contribution in [1.82, 2.24) is 0 Å². The van der Waals surface area contributed by atoms with E-state index in [1.807, 2.05) is 6.08 Å². The maximum atomic E-state index is 11.3. The fourth-order valence-electron chi connectivity index (χ4n) is 2.39. The first-order valence-corrected chi connectivity index (χ1v) is 4.69. The smallest absolute Gasteiger partial charge is 0.160 e. The van der Waals surface area contributed by atoms with Crippen LogP contribution in [-0.2, 0) is 17.6 Å². The van der Waals surface area contributed by atoms with Gasteiger partial charge in [-0.3, -0.25) is 4.79 Å². The van der Waals surface area contributed by atoms with Gasteiger partial charge in [-0.25, -0.2) is 0 Å². The van der Waals surface area contributed by atoms with Crippen LogP contribution in [0.5, 0.6) is 0 Å². The summed E-state index contributed by atoms with van der Waals surface area (Å²) in [7, 11) is 0. The summed E-state index contributed by atoms with van der Waals surface area (Å²) in [6.07, 6.45) is 4.60. The summed E-state index contributed by atoms with van der Waals surface area (Å²) < 4.78 is 0. The molecule has 0 unspecified atom stereocenters. The number of carbonyl (C=O) groups is 1. The van der Waals surface area contributed by atoms with Crippen LogP contribution in [0.4, 0.5) is 0 Å². The summed E-state index contributed by atoms with van der Waals surface area (Å²) in [4.78, 5) is 11.3. The molecule has 0 aliphatic heterocycles. The van der Waals surface area contributed by atoms with Gasteiger partial charge in [0.25, 0.3) is 0 Å². The molecule has 0 fully saturated rings. The van der Waals surface area contributed by atoms with Crippen molar-refractivity contribution in [3.05, 3.63) is 41.0 Å². The van der Waals surface area contributed by atoms with Crippen molar-refractivity contribution in [2.75, 3.05) is 0 Å². The summed E-state index contributed by atoms with van der Waals surface area (Å²) in [5, 5.41) is 0. The zero-order chi connectivity index (χ0) is 8.84. The lowest BCUT2D eigenvalue weighted by Crippen LogP contribution is -2.07. The van der Waals surface area contributed by atoms with E-state index in [1.165, 1.54) is 22.3 Å². The first kappa shape index (κ1) is 7.07. The summed E-state index contributed by atoms with van der Waals surface area (Å²) in [5.41, 5.74) is 5.30. The van der Waals surface area contributed by atoms with Gasteiger partial charge in [-0.1, -0.05) is 18.2 Å². The first-order valence-electron chi connectivity index (χ1n) is 4.69. The molecule has 2 aliphatic carbocycles. The zero-order valence-electron chi connectivity index (χ0n) is 7.34. The van der Waals surface area contributed by atoms with Gasteiger partial charge in [-0.2, -0.15) is 0 Å². The van der Waals surface area contributed by atoms with Gasteiger partial charge in [0, 0.05) is 6.42 Å². The number of carbonyl (C=O) groups excluding carboxylic acids is 1. The second kappa shape index (κ2) is 2.32. The zero-order valence-corrected chi connectivity index (χ0v) is 7.34. The Morgan fingerprint density at radius 3 is 2.85 bits per heavy atom. The van der Waals surface area contributed by atoms with E-state index in [-0.39, 0.29) is 5.78 Å². The molecule has 0 saturated carbocycles. The fourth-order valence-corrected chi connectivity index (χ4v) is 2.39. The third-order valence-electron chi connectivity index (χ3n) is 2.92. The quantitative estimate of drug-likeness (QED) is 0.583. The summed E-state index contributed by atoms with van der Waals surface area (Å²) in [6.45, 7) is 0. The highest BCUT2D eigenvalue weighted by Gasteiger charge is 2.24. The number of hydrogen-bond acceptors (Lipinski definition) is 1. The topological polar surface area (TPSA) is 17.1 Å². The number of rotatable bonds is 0. The number of benzene rings is 1. The molecule has 1 nitrogen and oxygen atoms in total. The SMILES string of the molecule is O=C1C=C2CCc3cccc(c32)C1. The minimum Gasteiger partial charge on any atom is -0.294 e. The Morgan fingerprint density at radius 2 is 1.92 bits per heavy atom. The maximum absolute atomic E-state index is 11.3. The fraction of sp³-hybridized carbons (Fsp3) is 0.250. The van der Waals surface area contributed by atoms with Crippen LogP contribution in [-0.4, -0.2) is 5.78 Å². The molecule has 0 saturated heterocycles. The van der Waals surface area contributed by atoms with Crippen molar-refractivity contribution in [2.45, 2.75) is 19.3 Å². The van der Waals surface area contributed by atoms with Gasteiger partial charge >= 0.3 is 0 Å². The van der Waals surface area contributed by atoms with Gasteiger partial charge in [0.1, 0.15) is 0 Å². The lowest BCUT2D eigenvalue weighted by Gasteiger charge is -2.12. The van der Waals surface area contributed by atoms with Crippen molar-refractivity contribution in [2.24, 2.45) is 0 Å². The van der Waals surface area contributed by atoms with Gasteiger partial charge in [0.15, 0.2) is 5.78 Å². The van der Waals surface area contributed by atoms with E-state index in [4.69, 9.17) is 0 Å². The second-order valence-corrected chi connectivity index (χ2v) is 3.76. The standard InChI is InChI=1S/C12H10O/c13-11-6-9-3-1-2-8-4-5-10(7-11)12(8)9/h1-3,7H,4-6H2. The molecule has 64 valence electrons. The van der Waals surface area contributed by atoms with E-state index in [9.17, 15) is 4.79 Å². The van der Waals surface area contributed by atoms with Gasteiger partial charge in [0.05, 0.1) is 0 Å². The third-order valence-corrected chi connectivity index (χ3v) is 2.92. The van der Waals surface area contributed by atoms with Crippen LogP contribution in [0.25, 0.3) is 5.57 Å². The Balaban J connectivity index is 2.33. The third kappa shape index (κ3) is 0.902. The molecule has 1 aromatic carbocycles. The number of ketones is 1. The monoisotopic (exact) mass is 170 g/mol. The molecule has 0 aromatic heterocycles. The number of aryl methyl sites for hydroxylation is 1. The molecule has 0 N–H and O–H groups in total. The Bertz CT molecular complexity index is 427. The molecule has 0 radical (unpaired) electrons. The van der Waals surface area contributed by atoms with E-state index in [1.54, 1.807) is 0 Å². The number of hydrogen-bond donors (Lipinski definition) is 0. The predicted octanol–water partition coefficient (Wildman–Crippen LogP) is 2.14. The highest BCUT2D eigenvalue weighted by molar-refractivity contribution is 6.03. The van der Waals surface area contributed by atoms with Crippen LogP contribution >= 0.6 is 0 Å². The molecular formula is C12H10O. The van der Waals surface area contributed by atoms with Crippen LogP contribution in [0.2, 0.25) is 0 Å². The van der Waals surface area contributed by atoms with E-state index in [0.29, 0.717) is 6.42 Å². The van der Waals surface area contributed by atoms with Crippen molar-refractivity contribution in [1.29, 1.82) is 0 Å². The van der Waals surface area contributed by atoms with Gasteiger partial charge in [-0.05, 0) is 41.2 Å². The highest BCUT2D eigenvalue weighted by atomic mass is 16.1. The second-order valence-electron chi connectivity index (χ2n) is 3.76. The summed E-state index contributed by atoms with van der Waals surface area (Å²) in [5.74, 6) is 0.265. The molecule has 2 aliphatic rings. The van der Waals surface area contributed by atoms with E-state index in [2.05, 4.69) is 18.2 Å². The molecule has 1 aromatic rings. The van der Waals surface area contributed by atoms with Gasteiger partial charge in [0.2, 0.25) is 0 Å². The largest absolute Gasteiger partial charge is 0.294 e. The molecule has 13 heavy (non-hydrogen) atoms. The Kier molecular flexibility index (Phi) is 1.26. The van der Waals surface area contributed by atoms with Crippen molar-refractivity contribution in [3.63, 3.8) is 0 Å². The predicted molar refractivity (Wildman–Crippen MR) is 51.5 cm³/mol. The Labute approximate surface area is 77.1 Å². The molecule has 3 rings (SSSR count). The Morgan fingerprint density at radius 1 is 1.08 bits per heavy atom. The average Bonchev–Trinajstić information content (AvgIpc) is 2.50. The molecule has 1 heteroatoms. The lowest BCUT2D eigenvalue weighted by molar-refractivity contribution is -0.114. The number of allylic oxidation sites excluding steroid dienone is 2. The lowest BCUT2D eigenvalue weighted by atomic mass is 9.91. The van der Waals surface area contributed by atoms with Crippen molar-refractivity contribution in [3.8, 4) is 0 Å².